The summed E-state index contributed by atoms with van der Waals surface area (Å²) in [6, 6.07) is 3.49. The van der Waals surface area contributed by atoms with Gasteiger partial charge in [-0.15, -0.1) is 0 Å². The maximum absolute atomic E-state index is 12.2. The van der Waals surface area contributed by atoms with E-state index in [0.29, 0.717) is 5.69 Å². The predicted molar refractivity (Wildman–Crippen MR) is 74.1 cm³/mol. The summed E-state index contributed by atoms with van der Waals surface area (Å²) in [4.78, 5) is 24.0. The van der Waals surface area contributed by atoms with E-state index in [-0.39, 0.29) is 23.5 Å². The van der Waals surface area contributed by atoms with E-state index in [4.69, 9.17) is 0 Å². The number of ether oxygens (including phenoxy) is 1. The smallest absolute Gasteiger partial charge is 0.345 e. The summed E-state index contributed by atoms with van der Waals surface area (Å²) in [5, 5.41) is 10.3. The molecule has 0 spiro atoms. The first-order valence-electron chi connectivity index (χ1n) is 6.85. The van der Waals surface area contributed by atoms with Gasteiger partial charge < -0.3 is 14.4 Å². The average molecular weight is 277 g/mol. The van der Waals surface area contributed by atoms with Gasteiger partial charge in [0.25, 0.3) is 0 Å². The number of fused-ring (bicyclic) bond motifs is 1. The SMILES string of the molecule is COC(=O)C1=C(O)c2cccn2CCCCCCC1=O. The quantitative estimate of drug-likeness (QED) is 0.632. The number of aromatic nitrogens is 1. The number of aliphatic hydroxyl groups excluding tert-OH is 1. The van der Waals surface area contributed by atoms with Crippen molar-refractivity contribution in [3.8, 4) is 0 Å². The molecule has 108 valence electrons. The van der Waals surface area contributed by atoms with Crippen LogP contribution in [0.1, 0.15) is 37.8 Å². The van der Waals surface area contributed by atoms with Crippen molar-refractivity contribution in [2.75, 3.05) is 7.11 Å². The summed E-state index contributed by atoms with van der Waals surface area (Å²) in [5.41, 5.74) is 0.245. The molecule has 1 aromatic rings. The van der Waals surface area contributed by atoms with E-state index in [2.05, 4.69) is 4.74 Å². The third-order valence-electron chi connectivity index (χ3n) is 3.53. The molecule has 1 aliphatic heterocycles. The molecule has 5 nitrogen and oxygen atoms in total. The normalized spacial score (nSPS) is 17.4. The minimum atomic E-state index is -0.778. The van der Waals surface area contributed by atoms with Crippen molar-refractivity contribution in [2.45, 2.75) is 38.6 Å². The number of aliphatic hydroxyl groups is 1. The Morgan fingerprint density at radius 3 is 2.80 bits per heavy atom. The zero-order valence-corrected chi connectivity index (χ0v) is 11.6. The van der Waals surface area contributed by atoms with Gasteiger partial charge in [-0.1, -0.05) is 12.8 Å². The van der Waals surface area contributed by atoms with E-state index >= 15 is 0 Å². The maximum atomic E-state index is 12.2. The number of hydrogen-bond acceptors (Lipinski definition) is 4. The second kappa shape index (κ2) is 6.41. The molecule has 2 heterocycles. The molecule has 0 amide bonds. The Morgan fingerprint density at radius 1 is 1.30 bits per heavy atom. The molecule has 1 aliphatic rings. The fourth-order valence-electron chi connectivity index (χ4n) is 2.44. The van der Waals surface area contributed by atoms with Crippen LogP contribution in [0.3, 0.4) is 0 Å². The lowest BCUT2D eigenvalue weighted by atomic mass is 10.0. The van der Waals surface area contributed by atoms with Crippen molar-refractivity contribution in [3.63, 3.8) is 0 Å². The van der Waals surface area contributed by atoms with Crippen molar-refractivity contribution in [1.82, 2.24) is 4.57 Å². The molecule has 0 bridgehead atoms. The van der Waals surface area contributed by atoms with Gasteiger partial charge >= 0.3 is 5.97 Å². The molecule has 1 aromatic heterocycles. The lowest BCUT2D eigenvalue weighted by molar-refractivity contribution is -0.137. The first-order valence-corrected chi connectivity index (χ1v) is 6.85. The van der Waals surface area contributed by atoms with Crippen LogP contribution in [0, 0.1) is 0 Å². The summed E-state index contributed by atoms with van der Waals surface area (Å²) in [5.74, 6) is -1.42. The molecule has 0 aliphatic carbocycles. The second-order valence-corrected chi connectivity index (χ2v) is 4.89. The Balaban J connectivity index is 2.50. The first kappa shape index (κ1) is 14.4. The summed E-state index contributed by atoms with van der Waals surface area (Å²) in [6.45, 7) is 0.759. The van der Waals surface area contributed by atoms with Gasteiger partial charge in [0, 0.05) is 19.2 Å². The third kappa shape index (κ3) is 2.92. The lowest BCUT2D eigenvalue weighted by Crippen LogP contribution is -2.17. The van der Waals surface area contributed by atoms with Gasteiger partial charge in [0.05, 0.1) is 12.8 Å². The summed E-state index contributed by atoms with van der Waals surface area (Å²) >= 11 is 0. The number of ketones is 1. The molecule has 0 fully saturated rings. The topological polar surface area (TPSA) is 68.5 Å². The molecular formula is C15H19NO4. The van der Waals surface area contributed by atoms with E-state index in [0.717, 1.165) is 32.2 Å². The summed E-state index contributed by atoms with van der Waals surface area (Å²) in [6.07, 6.45) is 5.77. The van der Waals surface area contributed by atoms with Gasteiger partial charge in [0.2, 0.25) is 0 Å². The van der Waals surface area contributed by atoms with Gasteiger partial charge in [-0.2, -0.15) is 0 Å². The third-order valence-corrected chi connectivity index (χ3v) is 3.53. The summed E-state index contributed by atoms with van der Waals surface area (Å²) < 4.78 is 6.49. The average Bonchev–Trinajstić information content (AvgIpc) is 2.89. The Kier molecular flexibility index (Phi) is 4.61. The number of carbonyl (C=O) groups is 2. The van der Waals surface area contributed by atoms with Crippen molar-refractivity contribution in [2.24, 2.45) is 0 Å². The Morgan fingerprint density at radius 2 is 2.05 bits per heavy atom. The fraction of sp³-hybridized carbons (Fsp3) is 0.467. The number of esters is 1. The zero-order chi connectivity index (χ0) is 14.5. The van der Waals surface area contributed by atoms with Crippen LogP contribution in [-0.2, 0) is 20.9 Å². The second-order valence-electron chi connectivity index (χ2n) is 4.89. The van der Waals surface area contributed by atoms with Crippen LogP contribution in [0.25, 0.3) is 5.76 Å². The number of Topliss-reactive ketones (excluding diaryl/α,β-unsaturated/α-hetero) is 1. The van der Waals surface area contributed by atoms with Crippen LogP contribution in [-0.4, -0.2) is 28.5 Å². The molecule has 1 N–H and O–H groups in total. The zero-order valence-electron chi connectivity index (χ0n) is 11.6. The van der Waals surface area contributed by atoms with Crippen LogP contribution in [0.5, 0.6) is 0 Å². The predicted octanol–water partition coefficient (Wildman–Crippen LogP) is 2.46. The van der Waals surface area contributed by atoms with Gasteiger partial charge in [0.1, 0.15) is 5.57 Å². The van der Waals surface area contributed by atoms with Crippen LogP contribution in [0.2, 0.25) is 0 Å². The van der Waals surface area contributed by atoms with E-state index in [1.54, 1.807) is 12.1 Å². The number of aryl methyl sites for hydroxylation is 1. The van der Waals surface area contributed by atoms with Gasteiger partial charge in [-0.3, -0.25) is 4.79 Å². The van der Waals surface area contributed by atoms with Crippen molar-refractivity contribution in [1.29, 1.82) is 0 Å². The van der Waals surface area contributed by atoms with E-state index in [1.165, 1.54) is 7.11 Å². The van der Waals surface area contributed by atoms with Gasteiger partial charge in [0.15, 0.2) is 11.5 Å². The lowest BCUT2D eigenvalue weighted by Gasteiger charge is -2.10. The number of rotatable bonds is 1. The van der Waals surface area contributed by atoms with Gasteiger partial charge in [-0.25, -0.2) is 4.79 Å². The highest BCUT2D eigenvalue weighted by Gasteiger charge is 2.26. The highest BCUT2D eigenvalue weighted by atomic mass is 16.5. The molecular weight excluding hydrogens is 258 g/mol. The van der Waals surface area contributed by atoms with Crippen molar-refractivity contribution < 1.29 is 19.4 Å². The standard InChI is InChI=1S/C15H19NO4/c1-20-15(19)13-12(17)8-4-2-3-5-9-16-10-6-7-11(16)14(13)18/h6-7,10,18H,2-5,8-9H2,1H3. The highest BCUT2D eigenvalue weighted by molar-refractivity contribution is 6.21. The van der Waals surface area contributed by atoms with E-state index in [9.17, 15) is 14.7 Å². The Bertz CT molecular complexity index is 542. The van der Waals surface area contributed by atoms with Gasteiger partial charge in [-0.05, 0) is 25.0 Å². The van der Waals surface area contributed by atoms with Crippen molar-refractivity contribution >= 4 is 17.5 Å². The van der Waals surface area contributed by atoms with Crippen LogP contribution >= 0.6 is 0 Å². The first-order chi connectivity index (χ1) is 9.65. The minimum Gasteiger partial charge on any atom is -0.505 e. The van der Waals surface area contributed by atoms with E-state index < -0.39 is 5.97 Å². The van der Waals surface area contributed by atoms with Crippen LogP contribution in [0.15, 0.2) is 23.9 Å². The van der Waals surface area contributed by atoms with E-state index in [1.807, 2.05) is 10.8 Å². The molecule has 0 radical (unpaired) electrons. The Labute approximate surface area is 117 Å². The number of hydrogen-bond donors (Lipinski definition) is 1. The highest BCUT2D eigenvalue weighted by Crippen LogP contribution is 2.22. The molecule has 20 heavy (non-hydrogen) atoms. The number of methoxy groups -OCH3 is 1. The number of carbonyl (C=O) groups excluding carboxylic acids is 2. The molecule has 0 saturated carbocycles. The largest absolute Gasteiger partial charge is 0.505 e. The van der Waals surface area contributed by atoms with Crippen molar-refractivity contribution in [3.05, 3.63) is 29.6 Å². The van der Waals surface area contributed by atoms with Crippen LogP contribution in [0.4, 0.5) is 0 Å². The maximum Gasteiger partial charge on any atom is 0.345 e. The molecule has 0 aromatic carbocycles. The summed E-state index contributed by atoms with van der Waals surface area (Å²) in [7, 11) is 1.21. The monoisotopic (exact) mass is 277 g/mol. The number of nitrogens with zero attached hydrogens (tertiary/aromatic N) is 1. The molecule has 0 atom stereocenters. The molecule has 5 heteroatoms. The minimum absolute atomic E-state index is 0.241. The van der Waals surface area contributed by atoms with Crippen LogP contribution < -0.4 is 0 Å². The molecule has 0 saturated heterocycles. The molecule has 2 rings (SSSR count). The Hall–Kier alpha value is -2.04. The fourth-order valence-corrected chi connectivity index (χ4v) is 2.44. The molecule has 0 unspecified atom stereocenters.